The van der Waals surface area contributed by atoms with Gasteiger partial charge in [0.2, 0.25) is 0 Å². The largest absolute Gasteiger partial charge is 0.399 e. The van der Waals surface area contributed by atoms with Crippen LogP contribution >= 0.6 is 0 Å². The van der Waals surface area contributed by atoms with Gasteiger partial charge in [0.05, 0.1) is 0 Å². The highest BCUT2D eigenvalue weighted by molar-refractivity contribution is 5.95. The van der Waals surface area contributed by atoms with E-state index < -0.39 is 0 Å². The van der Waals surface area contributed by atoms with Crippen LogP contribution in [0.4, 0.5) is 5.69 Å². The molecule has 0 amide bonds. The van der Waals surface area contributed by atoms with Crippen molar-refractivity contribution in [1.82, 2.24) is 0 Å². The Labute approximate surface area is 65.5 Å². The Bertz CT molecular complexity index is 291. The normalized spacial score (nSPS) is 9.55. The van der Waals surface area contributed by atoms with Crippen LogP contribution in [0, 0.1) is 12.3 Å². The second kappa shape index (κ2) is 2.62. The van der Waals surface area contributed by atoms with Crippen molar-refractivity contribution in [1.29, 1.82) is 5.41 Å². The number of benzene rings is 1. The summed E-state index contributed by atoms with van der Waals surface area (Å²) in [5.41, 5.74) is 13.3. The molecule has 5 N–H and O–H groups in total. The highest BCUT2D eigenvalue weighted by atomic mass is 14.7. The van der Waals surface area contributed by atoms with Crippen LogP contribution in [0.25, 0.3) is 0 Å². The molecule has 3 nitrogen and oxygen atoms in total. The van der Waals surface area contributed by atoms with Crippen LogP contribution in [0.15, 0.2) is 18.2 Å². The zero-order valence-corrected chi connectivity index (χ0v) is 6.39. The average Bonchev–Trinajstić information content (AvgIpc) is 1.94. The second-order valence-corrected chi connectivity index (χ2v) is 2.49. The fourth-order valence-corrected chi connectivity index (χ4v) is 0.843. The summed E-state index contributed by atoms with van der Waals surface area (Å²) < 4.78 is 0. The van der Waals surface area contributed by atoms with Gasteiger partial charge in [0, 0.05) is 11.3 Å². The standard InChI is InChI=1S/C8H11N3/c1-5-4-6(8(10)11)2-3-7(5)9/h2-4H,9H2,1H3,(H3,10,11). The Morgan fingerprint density at radius 1 is 1.45 bits per heavy atom. The maximum Gasteiger partial charge on any atom is 0.122 e. The van der Waals surface area contributed by atoms with Crippen LogP contribution in [0.2, 0.25) is 0 Å². The number of hydrogen-bond acceptors (Lipinski definition) is 2. The molecule has 0 bridgehead atoms. The maximum atomic E-state index is 7.14. The molecule has 0 aliphatic rings. The second-order valence-electron chi connectivity index (χ2n) is 2.49. The van der Waals surface area contributed by atoms with E-state index in [9.17, 15) is 0 Å². The first kappa shape index (κ1) is 7.60. The number of rotatable bonds is 1. The Hall–Kier alpha value is -1.51. The third-order valence-corrected chi connectivity index (χ3v) is 1.58. The van der Waals surface area contributed by atoms with Crippen molar-refractivity contribution < 1.29 is 0 Å². The van der Waals surface area contributed by atoms with Gasteiger partial charge in [0.25, 0.3) is 0 Å². The van der Waals surface area contributed by atoms with E-state index in [1.54, 1.807) is 18.2 Å². The lowest BCUT2D eigenvalue weighted by molar-refractivity contribution is 1.39. The van der Waals surface area contributed by atoms with Gasteiger partial charge in [-0.2, -0.15) is 0 Å². The lowest BCUT2D eigenvalue weighted by Crippen LogP contribution is -2.11. The molecule has 0 unspecified atom stereocenters. The topological polar surface area (TPSA) is 75.9 Å². The molecule has 11 heavy (non-hydrogen) atoms. The van der Waals surface area contributed by atoms with Crippen molar-refractivity contribution in [3.05, 3.63) is 29.3 Å². The zero-order chi connectivity index (χ0) is 8.43. The Morgan fingerprint density at radius 2 is 2.09 bits per heavy atom. The summed E-state index contributed by atoms with van der Waals surface area (Å²) >= 11 is 0. The number of nitrogens with one attached hydrogen (secondary N) is 1. The number of aryl methyl sites for hydroxylation is 1. The fraction of sp³-hybridized carbons (Fsp3) is 0.125. The highest BCUT2D eigenvalue weighted by Gasteiger charge is 1.97. The Morgan fingerprint density at radius 3 is 2.55 bits per heavy atom. The van der Waals surface area contributed by atoms with Crippen molar-refractivity contribution in [2.24, 2.45) is 5.73 Å². The number of anilines is 1. The molecule has 0 aromatic heterocycles. The summed E-state index contributed by atoms with van der Waals surface area (Å²) in [7, 11) is 0. The third kappa shape index (κ3) is 1.49. The molecule has 3 heteroatoms. The van der Waals surface area contributed by atoms with Gasteiger partial charge in [-0.3, -0.25) is 5.41 Å². The third-order valence-electron chi connectivity index (χ3n) is 1.58. The molecule has 0 spiro atoms. The summed E-state index contributed by atoms with van der Waals surface area (Å²) in [6.45, 7) is 1.89. The zero-order valence-electron chi connectivity index (χ0n) is 6.39. The van der Waals surface area contributed by atoms with E-state index in [0.29, 0.717) is 0 Å². The van der Waals surface area contributed by atoms with Crippen LogP contribution in [-0.2, 0) is 0 Å². The van der Waals surface area contributed by atoms with E-state index in [1.807, 2.05) is 6.92 Å². The van der Waals surface area contributed by atoms with Crippen LogP contribution in [0.5, 0.6) is 0 Å². The molecule has 0 aliphatic carbocycles. The monoisotopic (exact) mass is 149 g/mol. The molecule has 0 fully saturated rings. The van der Waals surface area contributed by atoms with Gasteiger partial charge in [-0.1, -0.05) is 0 Å². The van der Waals surface area contributed by atoms with E-state index in [4.69, 9.17) is 16.9 Å². The van der Waals surface area contributed by atoms with Gasteiger partial charge in [0.1, 0.15) is 5.84 Å². The van der Waals surface area contributed by atoms with E-state index in [0.717, 1.165) is 16.8 Å². The predicted molar refractivity (Wildman–Crippen MR) is 46.6 cm³/mol. The molecule has 0 aliphatic heterocycles. The van der Waals surface area contributed by atoms with Gasteiger partial charge in [0.15, 0.2) is 0 Å². The minimum atomic E-state index is 0.0769. The number of hydrogen-bond donors (Lipinski definition) is 3. The van der Waals surface area contributed by atoms with Gasteiger partial charge >= 0.3 is 0 Å². The maximum absolute atomic E-state index is 7.14. The van der Waals surface area contributed by atoms with Crippen LogP contribution in [0.3, 0.4) is 0 Å². The first-order valence-corrected chi connectivity index (χ1v) is 3.32. The highest BCUT2D eigenvalue weighted by Crippen LogP contribution is 2.11. The SMILES string of the molecule is Cc1cc(C(=N)N)ccc1N. The van der Waals surface area contributed by atoms with Crippen molar-refractivity contribution in [2.45, 2.75) is 6.92 Å². The minimum Gasteiger partial charge on any atom is -0.399 e. The Balaban J connectivity index is 3.15. The Kier molecular flexibility index (Phi) is 1.81. The molecule has 0 radical (unpaired) electrons. The van der Waals surface area contributed by atoms with Crippen molar-refractivity contribution in [3.8, 4) is 0 Å². The van der Waals surface area contributed by atoms with Crippen LogP contribution in [-0.4, -0.2) is 5.84 Å². The van der Waals surface area contributed by atoms with Crippen molar-refractivity contribution in [3.63, 3.8) is 0 Å². The lowest BCUT2D eigenvalue weighted by atomic mass is 10.1. The van der Waals surface area contributed by atoms with E-state index in [-0.39, 0.29) is 5.84 Å². The van der Waals surface area contributed by atoms with Gasteiger partial charge in [-0.15, -0.1) is 0 Å². The minimum absolute atomic E-state index is 0.0769. The van der Waals surface area contributed by atoms with E-state index >= 15 is 0 Å². The molecule has 1 aromatic rings. The van der Waals surface area contributed by atoms with Crippen LogP contribution in [0.1, 0.15) is 11.1 Å². The van der Waals surface area contributed by atoms with Gasteiger partial charge in [-0.25, -0.2) is 0 Å². The first-order chi connectivity index (χ1) is 5.11. The summed E-state index contributed by atoms with van der Waals surface area (Å²) in [5.74, 6) is 0.0769. The van der Waals surface area contributed by atoms with Crippen molar-refractivity contribution >= 4 is 11.5 Å². The first-order valence-electron chi connectivity index (χ1n) is 3.32. The smallest absolute Gasteiger partial charge is 0.122 e. The number of nitrogens with two attached hydrogens (primary N) is 2. The van der Waals surface area contributed by atoms with Gasteiger partial charge in [-0.05, 0) is 30.7 Å². The molecule has 0 saturated carbocycles. The summed E-state index contributed by atoms with van der Waals surface area (Å²) in [6.07, 6.45) is 0. The average molecular weight is 149 g/mol. The molecule has 58 valence electrons. The molecule has 0 atom stereocenters. The fourth-order valence-electron chi connectivity index (χ4n) is 0.843. The number of amidine groups is 1. The summed E-state index contributed by atoms with van der Waals surface area (Å²) in [5, 5.41) is 7.14. The molecular weight excluding hydrogens is 138 g/mol. The van der Waals surface area contributed by atoms with Crippen molar-refractivity contribution in [2.75, 3.05) is 5.73 Å². The molecule has 0 saturated heterocycles. The quantitative estimate of drug-likeness (QED) is 0.314. The van der Waals surface area contributed by atoms with E-state index in [1.165, 1.54) is 0 Å². The predicted octanol–water partition coefficient (Wildman–Crippen LogP) is 0.861. The van der Waals surface area contributed by atoms with E-state index in [2.05, 4.69) is 0 Å². The summed E-state index contributed by atoms with van der Waals surface area (Å²) in [4.78, 5) is 0. The summed E-state index contributed by atoms with van der Waals surface area (Å²) in [6, 6.07) is 5.30. The lowest BCUT2D eigenvalue weighted by Gasteiger charge is -2.02. The molecular formula is C8H11N3. The van der Waals surface area contributed by atoms with Crippen LogP contribution < -0.4 is 11.5 Å². The number of nitrogen functional groups attached to an aromatic ring is 2. The molecule has 1 rings (SSSR count). The molecule has 1 aromatic carbocycles. The molecule has 0 heterocycles. The van der Waals surface area contributed by atoms with Gasteiger partial charge < -0.3 is 11.5 Å².